The van der Waals surface area contributed by atoms with Crippen molar-refractivity contribution in [1.82, 2.24) is 5.32 Å². The minimum atomic E-state index is 0.278. The van der Waals surface area contributed by atoms with E-state index in [1.807, 2.05) is 19.2 Å². The van der Waals surface area contributed by atoms with Crippen molar-refractivity contribution in [2.24, 2.45) is 5.92 Å². The Morgan fingerprint density at radius 2 is 1.62 bits per heavy atom. The maximum Gasteiger partial charge on any atom is 0.203 e. The van der Waals surface area contributed by atoms with Crippen LogP contribution in [0.4, 0.5) is 0 Å². The molecule has 4 heteroatoms. The van der Waals surface area contributed by atoms with Crippen LogP contribution in [0.2, 0.25) is 0 Å². The SMILES string of the molecule is CCCC(C)CC(NC)c1cc(OC)c(OC)c(OC)c1. The van der Waals surface area contributed by atoms with Crippen LogP contribution in [0.25, 0.3) is 0 Å². The first-order valence-electron chi connectivity index (χ1n) is 7.58. The van der Waals surface area contributed by atoms with E-state index in [0.29, 0.717) is 23.2 Å². The molecule has 1 N–H and O–H groups in total. The van der Waals surface area contributed by atoms with Gasteiger partial charge in [0.25, 0.3) is 0 Å². The zero-order valence-corrected chi connectivity index (χ0v) is 14.2. The smallest absolute Gasteiger partial charge is 0.203 e. The van der Waals surface area contributed by atoms with Gasteiger partial charge in [-0.2, -0.15) is 0 Å². The van der Waals surface area contributed by atoms with Crippen LogP contribution in [0.1, 0.15) is 44.7 Å². The van der Waals surface area contributed by atoms with Crippen molar-refractivity contribution in [2.45, 2.75) is 39.2 Å². The van der Waals surface area contributed by atoms with Crippen LogP contribution < -0.4 is 19.5 Å². The highest BCUT2D eigenvalue weighted by atomic mass is 16.5. The Bertz CT molecular complexity index is 409. The van der Waals surface area contributed by atoms with Crippen LogP contribution >= 0.6 is 0 Å². The predicted octanol–water partition coefficient (Wildman–Crippen LogP) is 3.80. The Kier molecular flexibility index (Phi) is 7.37. The second-order valence-electron chi connectivity index (χ2n) is 5.43. The lowest BCUT2D eigenvalue weighted by Crippen LogP contribution is -2.19. The van der Waals surface area contributed by atoms with Gasteiger partial charge in [-0.1, -0.05) is 26.7 Å². The van der Waals surface area contributed by atoms with E-state index < -0.39 is 0 Å². The van der Waals surface area contributed by atoms with Gasteiger partial charge in [-0.15, -0.1) is 0 Å². The lowest BCUT2D eigenvalue weighted by Gasteiger charge is -2.23. The van der Waals surface area contributed by atoms with Gasteiger partial charge in [-0.3, -0.25) is 0 Å². The third-order valence-electron chi connectivity index (χ3n) is 3.86. The van der Waals surface area contributed by atoms with Gasteiger partial charge in [0.15, 0.2) is 11.5 Å². The van der Waals surface area contributed by atoms with E-state index in [9.17, 15) is 0 Å². The van der Waals surface area contributed by atoms with Gasteiger partial charge in [-0.25, -0.2) is 0 Å². The quantitative estimate of drug-likeness (QED) is 0.752. The maximum atomic E-state index is 5.43. The highest BCUT2D eigenvalue weighted by Crippen LogP contribution is 2.40. The van der Waals surface area contributed by atoms with Crippen LogP contribution in [-0.2, 0) is 0 Å². The third kappa shape index (κ3) is 4.53. The Labute approximate surface area is 128 Å². The molecule has 0 heterocycles. The monoisotopic (exact) mass is 295 g/mol. The van der Waals surface area contributed by atoms with Crippen molar-refractivity contribution >= 4 is 0 Å². The van der Waals surface area contributed by atoms with Crippen molar-refractivity contribution in [2.75, 3.05) is 28.4 Å². The summed E-state index contributed by atoms with van der Waals surface area (Å²) in [6.45, 7) is 4.52. The fourth-order valence-corrected chi connectivity index (χ4v) is 2.74. The zero-order chi connectivity index (χ0) is 15.8. The van der Waals surface area contributed by atoms with E-state index in [1.54, 1.807) is 21.3 Å². The first-order valence-corrected chi connectivity index (χ1v) is 7.58. The molecule has 1 rings (SSSR count). The summed E-state index contributed by atoms with van der Waals surface area (Å²) >= 11 is 0. The predicted molar refractivity (Wildman–Crippen MR) is 86.6 cm³/mol. The molecule has 0 fully saturated rings. The van der Waals surface area contributed by atoms with Gasteiger partial charge >= 0.3 is 0 Å². The van der Waals surface area contributed by atoms with E-state index in [-0.39, 0.29) is 6.04 Å². The number of hydrogen-bond acceptors (Lipinski definition) is 4. The van der Waals surface area contributed by atoms with Crippen molar-refractivity contribution in [3.05, 3.63) is 17.7 Å². The molecule has 0 aliphatic heterocycles. The van der Waals surface area contributed by atoms with Gasteiger partial charge < -0.3 is 19.5 Å². The second kappa shape index (κ2) is 8.78. The Balaban J connectivity index is 3.09. The second-order valence-corrected chi connectivity index (χ2v) is 5.43. The van der Waals surface area contributed by atoms with Crippen molar-refractivity contribution in [1.29, 1.82) is 0 Å². The van der Waals surface area contributed by atoms with Crippen LogP contribution in [-0.4, -0.2) is 28.4 Å². The van der Waals surface area contributed by atoms with Crippen molar-refractivity contribution in [3.8, 4) is 17.2 Å². The van der Waals surface area contributed by atoms with E-state index in [2.05, 4.69) is 19.2 Å². The standard InChI is InChI=1S/C17H29NO3/c1-7-8-12(2)9-14(18-3)13-10-15(19-4)17(21-6)16(11-13)20-5/h10-12,14,18H,7-9H2,1-6H3. The average Bonchev–Trinajstić information content (AvgIpc) is 2.51. The first-order chi connectivity index (χ1) is 10.1. The van der Waals surface area contributed by atoms with Crippen LogP contribution in [0.15, 0.2) is 12.1 Å². The van der Waals surface area contributed by atoms with Crippen LogP contribution in [0, 0.1) is 5.92 Å². The lowest BCUT2D eigenvalue weighted by atomic mass is 9.92. The van der Waals surface area contributed by atoms with Gasteiger partial charge in [0.05, 0.1) is 21.3 Å². The molecule has 0 amide bonds. The molecule has 0 saturated carbocycles. The minimum absolute atomic E-state index is 0.278. The Morgan fingerprint density at radius 3 is 2.00 bits per heavy atom. The molecule has 4 nitrogen and oxygen atoms in total. The van der Waals surface area contributed by atoms with E-state index >= 15 is 0 Å². The topological polar surface area (TPSA) is 39.7 Å². The molecule has 0 saturated heterocycles. The van der Waals surface area contributed by atoms with Gasteiger partial charge in [0, 0.05) is 6.04 Å². The number of rotatable bonds is 9. The maximum absolute atomic E-state index is 5.43. The molecule has 0 radical (unpaired) electrons. The summed E-state index contributed by atoms with van der Waals surface area (Å²) in [7, 11) is 6.91. The summed E-state index contributed by atoms with van der Waals surface area (Å²) < 4.78 is 16.2. The molecule has 0 bridgehead atoms. The Morgan fingerprint density at radius 1 is 1.05 bits per heavy atom. The molecule has 0 spiro atoms. The highest BCUT2D eigenvalue weighted by molar-refractivity contribution is 5.54. The summed E-state index contributed by atoms with van der Waals surface area (Å²) in [4.78, 5) is 0. The molecule has 1 aromatic rings. The zero-order valence-electron chi connectivity index (χ0n) is 14.2. The van der Waals surface area contributed by atoms with Gasteiger partial charge in [0.2, 0.25) is 5.75 Å². The normalized spacial score (nSPS) is 13.6. The van der Waals surface area contributed by atoms with E-state index in [1.165, 1.54) is 12.8 Å². The molecule has 0 aromatic heterocycles. The molecule has 120 valence electrons. The molecular formula is C17H29NO3. The largest absolute Gasteiger partial charge is 0.493 e. The van der Waals surface area contributed by atoms with Gasteiger partial charge in [0.1, 0.15) is 0 Å². The fourth-order valence-electron chi connectivity index (χ4n) is 2.74. The third-order valence-corrected chi connectivity index (χ3v) is 3.86. The average molecular weight is 295 g/mol. The van der Waals surface area contributed by atoms with Crippen molar-refractivity contribution < 1.29 is 14.2 Å². The Hall–Kier alpha value is -1.42. The summed E-state index contributed by atoms with van der Waals surface area (Å²) in [5.74, 6) is 2.72. The highest BCUT2D eigenvalue weighted by Gasteiger charge is 2.19. The van der Waals surface area contributed by atoms with Gasteiger partial charge in [-0.05, 0) is 37.1 Å². The van der Waals surface area contributed by atoms with E-state index in [4.69, 9.17) is 14.2 Å². The summed E-state index contributed by atoms with van der Waals surface area (Å²) in [5.41, 5.74) is 1.16. The number of benzene rings is 1. The molecule has 0 aliphatic rings. The summed E-state index contributed by atoms with van der Waals surface area (Å²) in [5, 5.41) is 3.40. The lowest BCUT2D eigenvalue weighted by molar-refractivity contribution is 0.322. The molecule has 2 atom stereocenters. The molecular weight excluding hydrogens is 266 g/mol. The first kappa shape index (κ1) is 17.6. The molecule has 0 aliphatic carbocycles. The minimum Gasteiger partial charge on any atom is -0.493 e. The number of methoxy groups -OCH3 is 3. The summed E-state index contributed by atoms with van der Waals surface area (Å²) in [6.07, 6.45) is 3.54. The molecule has 2 unspecified atom stereocenters. The van der Waals surface area contributed by atoms with Crippen LogP contribution in [0.5, 0.6) is 17.2 Å². The summed E-state index contributed by atoms with van der Waals surface area (Å²) in [6, 6.07) is 4.34. The number of ether oxygens (including phenoxy) is 3. The molecule has 21 heavy (non-hydrogen) atoms. The van der Waals surface area contributed by atoms with E-state index in [0.717, 1.165) is 12.0 Å². The number of nitrogens with one attached hydrogen (secondary N) is 1. The number of hydrogen-bond donors (Lipinski definition) is 1. The van der Waals surface area contributed by atoms with Crippen LogP contribution in [0.3, 0.4) is 0 Å². The van der Waals surface area contributed by atoms with Crippen molar-refractivity contribution in [3.63, 3.8) is 0 Å². The molecule has 1 aromatic carbocycles. The fraction of sp³-hybridized carbons (Fsp3) is 0.647.